The molecule has 0 amide bonds. The fraction of sp³-hybridized carbons (Fsp3) is 0.450. The molecule has 0 radical (unpaired) electrons. The van der Waals surface area contributed by atoms with Crippen LogP contribution in [0.2, 0.25) is 0 Å². The maximum Gasteiger partial charge on any atom is 0.438 e. The molecule has 33 heavy (non-hydrogen) atoms. The Kier molecular flexibility index (Phi) is 5.42. The fourth-order valence-corrected chi connectivity index (χ4v) is 3.46. The highest BCUT2D eigenvalue weighted by Crippen LogP contribution is 2.47. The first-order chi connectivity index (χ1) is 15.4. The van der Waals surface area contributed by atoms with Crippen molar-refractivity contribution in [2.45, 2.75) is 37.3 Å². The van der Waals surface area contributed by atoms with Gasteiger partial charge in [-0.3, -0.25) is 0 Å². The number of aromatic nitrogens is 2. The first-order valence-corrected chi connectivity index (χ1v) is 9.73. The number of ether oxygens (including phenoxy) is 2. The van der Waals surface area contributed by atoms with Gasteiger partial charge in [-0.15, -0.1) is 0 Å². The third-order valence-corrected chi connectivity index (χ3v) is 5.38. The smallest absolute Gasteiger partial charge is 0.438 e. The number of rotatable bonds is 5. The molecule has 0 saturated heterocycles. The highest BCUT2D eigenvalue weighted by atomic mass is 19.4. The lowest BCUT2D eigenvalue weighted by molar-refractivity contribution is -0.254. The zero-order valence-corrected chi connectivity index (χ0v) is 17.3. The Labute approximate surface area is 183 Å². The van der Waals surface area contributed by atoms with Gasteiger partial charge in [-0.1, -0.05) is 0 Å². The second-order valence-corrected chi connectivity index (χ2v) is 7.67. The van der Waals surface area contributed by atoms with Crippen LogP contribution in [0.5, 0.6) is 11.5 Å². The molecule has 2 heterocycles. The minimum absolute atomic E-state index is 0.0418. The lowest BCUT2D eigenvalue weighted by Gasteiger charge is -2.32. The SMILES string of the molecule is COc1ccc(-c2cc(C(F)(F)F)nc(N3N=C(C4CC4)CC3(O)C(F)(F)F)n2)cc1OC. The summed E-state index contributed by atoms with van der Waals surface area (Å²) in [7, 11) is 2.68. The van der Waals surface area contributed by atoms with Crippen LogP contribution in [0.15, 0.2) is 29.4 Å². The summed E-state index contributed by atoms with van der Waals surface area (Å²) in [5.41, 5.74) is -5.25. The van der Waals surface area contributed by atoms with E-state index in [1.165, 1.54) is 32.4 Å². The van der Waals surface area contributed by atoms with Gasteiger partial charge in [-0.2, -0.15) is 36.5 Å². The van der Waals surface area contributed by atoms with E-state index in [4.69, 9.17) is 9.47 Å². The number of hydrogen-bond donors (Lipinski definition) is 1. The maximum atomic E-state index is 13.8. The second-order valence-electron chi connectivity index (χ2n) is 7.67. The molecule has 2 aliphatic rings. The van der Waals surface area contributed by atoms with Crippen LogP contribution < -0.4 is 14.5 Å². The number of alkyl halides is 6. The van der Waals surface area contributed by atoms with Crippen LogP contribution in [0, 0.1) is 5.92 Å². The van der Waals surface area contributed by atoms with Crippen molar-refractivity contribution >= 4 is 11.7 Å². The molecule has 4 rings (SSSR count). The quantitative estimate of drug-likeness (QED) is 0.645. The Morgan fingerprint density at radius 1 is 1.00 bits per heavy atom. The van der Waals surface area contributed by atoms with Crippen molar-refractivity contribution in [1.82, 2.24) is 9.97 Å². The van der Waals surface area contributed by atoms with Crippen molar-refractivity contribution in [3.8, 4) is 22.8 Å². The molecule has 1 unspecified atom stereocenters. The molecule has 1 aromatic heterocycles. The molecule has 0 bridgehead atoms. The standard InChI is InChI=1S/C20H18F6N4O3/c1-32-14-6-5-11(7-15(14)33-2)12-8-16(19(21,22)23)28-17(27-12)30-18(31,20(24,25)26)9-13(29-30)10-3-4-10/h5-8,10,31H,3-4,9H2,1-2H3. The summed E-state index contributed by atoms with van der Waals surface area (Å²) in [5, 5.41) is 14.3. The normalized spacial score (nSPS) is 21.2. The number of methoxy groups -OCH3 is 2. The lowest BCUT2D eigenvalue weighted by Crippen LogP contribution is -2.55. The summed E-state index contributed by atoms with van der Waals surface area (Å²) < 4.78 is 92.4. The van der Waals surface area contributed by atoms with E-state index in [1.807, 2.05) is 0 Å². The third kappa shape index (κ3) is 4.16. The van der Waals surface area contributed by atoms with Crippen molar-refractivity contribution in [2.24, 2.45) is 11.0 Å². The van der Waals surface area contributed by atoms with Crippen LogP contribution in [-0.4, -0.2) is 46.9 Å². The Morgan fingerprint density at radius 3 is 2.21 bits per heavy atom. The van der Waals surface area contributed by atoms with Gasteiger partial charge in [0.1, 0.15) is 0 Å². The fourth-order valence-electron chi connectivity index (χ4n) is 3.46. The second kappa shape index (κ2) is 7.75. The zero-order chi connectivity index (χ0) is 24.2. The van der Waals surface area contributed by atoms with E-state index in [0.717, 1.165) is 0 Å². The van der Waals surface area contributed by atoms with Gasteiger partial charge in [0.25, 0.3) is 5.72 Å². The van der Waals surface area contributed by atoms with E-state index in [9.17, 15) is 31.4 Å². The van der Waals surface area contributed by atoms with Crippen LogP contribution in [0.3, 0.4) is 0 Å². The average molecular weight is 476 g/mol. The number of anilines is 1. The van der Waals surface area contributed by atoms with Crippen molar-refractivity contribution in [2.75, 3.05) is 19.2 Å². The monoisotopic (exact) mass is 476 g/mol. The van der Waals surface area contributed by atoms with E-state index in [0.29, 0.717) is 18.9 Å². The summed E-state index contributed by atoms with van der Waals surface area (Å²) in [6.45, 7) is 0. The maximum absolute atomic E-state index is 13.8. The molecule has 1 saturated carbocycles. The Balaban J connectivity index is 1.88. The lowest BCUT2D eigenvalue weighted by atomic mass is 10.0. The zero-order valence-electron chi connectivity index (χ0n) is 17.3. The molecule has 1 aromatic carbocycles. The predicted molar refractivity (Wildman–Crippen MR) is 104 cm³/mol. The van der Waals surface area contributed by atoms with Crippen LogP contribution in [0.1, 0.15) is 25.0 Å². The van der Waals surface area contributed by atoms with Gasteiger partial charge in [0.2, 0.25) is 5.95 Å². The van der Waals surface area contributed by atoms with E-state index < -0.39 is 36.1 Å². The molecule has 1 aliphatic carbocycles. The van der Waals surface area contributed by atoms with Gasteiger partial charge >= 0.3 is 12.4 Å². The summed E-state index contributed by atoms with van der Waals surface area (Å²) in [6, 6.07) is 4.70. The van der Waals surface area contributed by atoms with Crippen molar-refractivity contribution in [3.05, 3.63) is 30.0 Å². The molecule has 0 spiro atoms. The van der Waals surface area contributed by atoms with Crippen LogP contribution >= 0.6 is 0 Å². The third-order valence-electron chi connectivity index (χ3n) is 5.38. The molecule has 1 aliphatic heterocycles. The van der Waals surface area contributed by atoms with Gasteiger partial charge in [0, 0.05) is 17.7 Å². The number of hydrazone groups is 1. The summed E-state index contributed by atoms with van der Waals surface area (Å²) in [6.07, 6.45) is -9.95. The Hall–Kier alpha value is -3.09. The number of hydrogen-bond acceptors (Lipinski definition) is 7. The number of halogens is 6. The largest absolute Gasteiger partial charge is 0.493 e. The molecular weight excluding hydrogens is 458 g/mol. The van der Waals surface area contributed by atoms with Crippen molar-refractivity contribution in [3.63, 3.8) is 0 Å². The Morgan fingerprint density at radius 2 is 1.67 bits per heavy atom. The molecule has 1 atom stereocenters. The summed E-state index contributed by atoms with van der Waals surface area (Å²) in [4.78, 5) is 7.18. The van der Waals surface area contributed by atoms with E-state index in [1.54, 1.807) is 0 Å². The first-order valence-electron chi connectivity index (χ1n) is 9.73. The minimum atomic E-state index is -5.23. The average Bonchev–Trinajstić information content (AvgIpc) is 3.53. The van der Waals surface area contributed by atoms with Gasteiger partial charge in [0.05, 0.1) is 19.9 Å². The van der Waals surface area contributed by atoms with E-state index >= 15 is 0 Å². The summed E-state index contributed by atoms with van der Waals surface area (Å²) >= 11 is 0. The van der Waals surface area contributed by atoms with Gasteiger partial charge in [-0.25, -0.2) is 9.97 Å². The van der Waals surface area contributed by atoms with Crippen molar-refractivity contribution in [1.29, 1.82) is 0 Å². The molecule has 1 fully saturated rings. The Bertz CT molecular complexity index is 1100. The molecule has 1 N–H and O–H groups in total. The minimum Gasteiger partial charge on any atom is -0.493 e. The molecule has 7 nitrogen and oxygen atoms in total. The van der Waals surface area contributed by atoms with Gasteiger partial charge in [-0.05, 0) is 43.0 Å². The highest BCUT2D eigenvalue weighted by molar-refractivity contribution is 5.92. The molecular formula is C20H18F6N4O3. The van der Waals surface area contributed by atoms with Crippen LogP contribution in [0.4, 0.5) is 32.3 Å². The van der Waals surface area contributed by atoms with Crippen LogP contribution in [0.25, 0.3) is 11.3 Å². The van der Waals surface area contributed by atoms with Crippen molar-refractivity contribution < 1.29 is 40.9 Å². The van der Waals surface area contributed by atoms with E-state index in [2.05, 4.69) is 15.1 Å². The number of aliphatic hydroxyl groups is 1. The first kappa shape index (κ1) is 23.1. The summed E-state index contributed by atoms with van der Waals surface area (Å²) in [5.74, 6) is -0.827. The van der Waals surface area contributed by atoms with E-state index in [-0.39, 0.29) is 39.4 Å². The highest BCUT2D eigenvalue weighted by Gasteiger charge is 2.63. The van der Waals surface area contributed by atoms with Crippen LogP contribution in [-0.2, 0) is 6.18 Å². The number of nitrogens with zero attached hydrogens (tertiary/aromatic N) is 4. The molecule has 13 heteroatoms. The molecule has 178 valence electrons. The molecule has 2 aromatic rings. The predicted octanol–water partition coefficient (Wildman–Crippen LogP) is 4.41. The van der Waals surface area contributed by atoms with Gasteiger partial charge < -0.3 is 14.6 Å². The van der Waals surface area contributed by atoms with Gasteiger partial charge in [0.15, 0.2) is 17.2 Å². The number of benzene rings is 1. The topological polar surface area (TPSA) is 80.1 Å².